The molecule has 1 aromatic heterocycles. The summed E-state index contributed by atoms with van der Waals surface area (Å²) in [6.07, 6.45) is 2.17. The van der Waals surface area contributed by atoms with Gasteiger partial charge in [0.2, 0.25) is 15.9 Å². The molecule has 1 atom stereocenters. The number of carbonyl (C=O) groups is 1. The third-order valence-electron chi connectivity index (χ3n) is 4.39. The second-order valence-corrected chi connectivity index (χ2v) is 8.72. The number of piperazine rings is 1. The lowest BCUT2D eigenvalue weighted by Gasteiger charge is -2.35. The summed E-state index contributed by atoms with van der Waals surface area (Å²) in [6, 6.07) is 8.64. The van der Waals surface area contributed by atoms with E-state index in [2.05, 4.69) is 10.3 Å². The van der Waals surface area contributed by atoms with Crippen molar-refractivity contribution in [1.82, 2.24) is 14.6 Å². The number of para-hydroxylation sites is 1. The molecule has 1 fully saturated rings. The van der Waals surface area contributed by atoms with Crippen molar-refractivity contribution in [2.45, 2.75) is 32.1 Å². The number of nitrogens with one attached hydrogen (secondary N) is 1. The lowest BCUT2D eigenvalue weighted by Crippen LogP contribution is -2.57. The van der Waals surface area contributed by atoms with E-state index >= 15 is 0 Å². The van der Waals surface area contributed by atoms with E-state index in [4.69, 9.17) is 0 Å². The van der Waals surface area contributed by atoms with Crippen LogP contribution in [0.4, 0.5) is 0 Å². The summed E-state index contributed by atoms with van der Waals surface area (Å²) < 4.78 is 27.5. The number of hydrogen-bond donors (Lipinski definition) is 1. The number of hydrogen-bond acceptors (Lipinski definition) is 4. The zero-order valence-electron chi connectivity index (χ0n) is 14.5. The summed E-state index contributed by atoms with van der Waals surface area (Å²) in [4.78, 5) is 16.6. The number of carbonyl (C=O) groups excluding carboxylic acids is 1. The van der Waals surface area contributed by atoms with Crippen LogP contribution in [0.25, 0.3) is 10.9 Å². The molecule has 2 heterocycles. The van der Waals surface area contributed by atoms with Gasteiger partial charge in [-0.1, -0.05) is 38.1 Å². The first-order valence-electron chi connectivity index (χ1n) is 8.48. The molecule has 0 bridgehead atoms. The van der Waals surface area contributed by atoms with Gasteiger partial charge >= 0.3 is 0 Å². The highest BCUT2D eigenvalue weighted by atomic mass is 32.2. The summed E-state index contributed by atoms with van der Waals surface area (Å²) in [5.74, 6) is -0.131. The molecule has 1 N–H and O–H groups in total. The fourth-order valence-electron chi connectivity index (χ4n) is 3.26. The molecule has 25 heavy (non-hydrogen) atoms. The average molecular weight is 361 g/mol. The van der Waals surface area contributed by atoms with E-state index in [1.807, 2.05) is 38.1 Å². The number of nitrogens with zero attached hydrogens (tertiary/aromatic N) is 2. The molecule has 1 aromatic carbocycles. The molecular weight excluding hydrogens is 338 g/mol. The van der Waals surface area contributed by atoms with Crippen LogP contribution in [0.3, 0.4) is 0 Å². The molecule has 3 rings (SSSR count). The van der Waals surface area contributed by atoms with Gasteiger partial charge in [-0.25, -0.2) is 8.42 Å². The lowest BCUT2D eigenvalue weighted by atomic mass is 10.0. The molecular formula is C18H23N3O3S. The monoisotopic (exact) mass is 361 g/mol. The van der Waals surface area contributed by atoms with Gasteiger partial charge in [-0.3, -0.25) is 9.78 Å². The van der Waals surface area contributed by atoms with Crippen LogP contribution in [0.1, 0.15) is 25.8 Å². The molecule has 1 saturated heterocycles. The predicted octanol–water partition coefficient (Wildman–Crippen LogP) is 1.91. The van der Waals surface area contributed by atoms with Crippen molar-refractivity contribution >= 4 is 26.8 Å². The Hall–Kier alpha value is -1.99. The molecule has 0 spiro atoms. The number of rotatable bonds is 5. The summed E-state index contributed by atoms with van der Waals surface area (Å²) in [7, 11) is -3.62. The first-order chi connectivity index (χ1) is 11.9. The fourth-order valence-corrected chi connectivity index (χ4v) is 4.99. The van der Waals surface area contributed by atoms with Crippen LogP contribution >= 0.6 is 0 Å². The van der Waals surface area contributed by atoms with Crippen LogP contribution in [0.15, 0.2) is 36.5 Å². The van der Waals surface area contributed by atoms with Crippen LogP contribution in [-0.4, -0.2) is 42.7 Å². The van der Waals surface area contributed by atoms with Gasteiger partial charge in [0.1, 0.15) is 6.04 Å². The zero-order valence-corrected chi connectivity index (χ0v) is 15.3. The van der Waals surface area contributed by atoms with Gasteiger partial charge in [-0.2, -0.15) is 4.31 Å². The minimum absolute atomic E-state index is 0.150. The number of pyridine rings is 1. The number of benzene rings is 1. The Balaban J connectivity index is 1.93. The molecule has 1 amide bonds. The van der Waals surface area contributed by atoms with Crippen molar-refractivity contribution in [3.8, 4) is 0 Å². The van der Waals surface area contributed by atoms with Crippen molar-refractivity contribution in [3.63, 3.8) is 0 Å². The minimum atomic E-state index is -3.62. The van der Waals surface area contributed by atoms with Gasteiger partial charge < -0.3 is 5.32 Å². The van der Waals surface area contributed by atoms with Gasteiger partial charge in [0.25, 0.3) is 0 Å². The third-order valence-corrected chi connectivity index (χ3v) is 6.22. The molecule has 0 saturated carbocycles. The average Bonchev–Trinajstić information content (AvgIpc) is 2.56. The summed E-state index contributed by atoms with van der Waals surface area (Å²) in [5.41, 5.74) is 1.35. The van der Waals surface area contributed by atoms with E-state index in [9.17, 15) is 13.2 Å². The molecule has 134 valence electrons. The Kier molecular flexibility index (Phi) is 5.06. The van der Waals surface area contributed by atoms with Crippen molar-refractivity contribution in [1.29, 1.82) is 0 Å². The summed E-state index contributed by atoms with van der Waals surface area (Å²) in [5, 5.41) is 3.68. The Labute approximate surface area is 148 Å². The quantitative estimate of drug-likeness (QED) is 0.882. The Morgan fingerprint density at radius 2 is 2.04 bits per heavy atom. The maximum absolute atomic E-state index is 13.1. The van der Waals surface area contributed by atoms with Crippen LogP contribution < -0.4 is 5.32 Å². The number of sulfonamides is 1. The van der Waals surface area contributed by atoms with Gasteiger partial charge in [0.15, 0.2) is 0 Å². The number of aromatic nitrogens is 1. The van der Waals surface area contributed by atoms with Crippen molar-refractivity contribution < 1.29 is 13.2 Å². The van der Waals surface area contributed by atoms with E-state index in [1.54, 1.807) is 12.3 Å². The Bertz CT molecular complexity index is 875. The van der Waals surface area contributed by atoms with Gasteiger partial charge in [0, 0.05) is 24.7 Å². The Morgan fingerprint density at radius 1 is 1.28 bits per heavy atom. The van der Waals surface area contributed by atoms with E-state index in [-0.39, 0.29) is 17.6 Å². The van der Waals surface area contributed by atoms with E-state index in [0.29, 0.717) is 30.6 Å². The fraction of sp³-hybridized carbons (Fsp3) is 0.444. The normalized spacial score (nSPS) is 19.3. The van der Waals surface area contributed by atoms with E-state index < -0.39 is 16.1 Å². The maximum Gasteiger partial charge on any atom is 0.238 e. The molecule has 6 nitrogen and oxygen atoms in total. The summed E-state index contributed by atoms with van der Waals surface area (Å²) in [6.45, 7) is 4.63. The zero-order chi connectivity index (χ0) is 18.0. The van der Waals surface area contributed by atoms with Gasteiger partial charge in [0.05, 0.1) is 11.3 Å². The first kappa shape index (κ1) is 17.8. The third kappa shape index (κ3) is 3.82. The van der Waals surface area contributed by atoms with E-state index in [0.717, 1.165) is 5.39 Å². The minimum Gasteiger partial charge on any atom is -0.353 e. The van der Waals surface area contributed by atoms with Gasteiger partial charge in [-0.05, 0) is 24.0 Å². The van der Waals surface area contributed by atoms with Crippen LogP contribution in [0.2, 0.25) is 0 Å². The molecule has 2 aromatic rings. The van der Waals surface area contributed by atoms with Gasteiger partial charge in [-0.15, -0.1) is 0 Å². The molecule has 0 aliphatic carbocycles. The van der Waals surface area contributed by atoms with Crippen LogP contribution in [-0.2, 0) is 20.6 Å². The molecule has 0 radical (unpaired) electrons. The van der Waals surface area contributed by atoms with E-state index in [1.165, 1.54) is 4.31 Å². The van der Waals surface area contributed by atoms with Crippen molar-refractivity contribution in [3.05, 3.63) is 42.1 Å². The number of fused-ring (bicyclic) bond motifs is 1. The molecule has 1 aliphatic heterocycles. The first-order valence-corrected chi connectivity index (χ1v) is 10.1. The smallest absolute Gasteiger partial charge is 0.238 e. The largest absolute Gasteiger partial charge is 0.353 e. The lowest BCUT2D eigenvalue weighted by molar-refractivity contribution is -0.127. The highest BCUT2D eigenvalue weighted by Gasteiger charge is 2.37. The topological polar surface area (TPSA) is 79.4 Å². The second-order valence-electron chi connectivity index (χ2n) is 6.80. The molecule has 1 aliphatic rings. The molecule has 0 unspecified atom stereocenters. The van der Waals surface area contributed by atoms with Crippen molar-refractivity contribution in [2.24, 2.45) is 5.92 Å². The number of amides is 1. The SMILES string of the molecule is CC(C)C[C@H]1C(=O)NCCN1S(=O)(=O)Cc1cccc2cccnc12. The highest BCUT2D eigenvalue weighted by Crippen LogP contribution is 2.24. The predicted molar refractivity (Wildman–Crippen MR) is 97.3 cm³/mol. The maximum atomic E-state index is 13.1. The van der Waals surface area contributed by atoms with Crippen molar-refractivity contribution in [2.75, 3.05) is 13.1 Å². The molecule has 7 heteroatoms. The van der Waals surface area contributed by atoms with Crippen LogP contribution in [0, 0.1) is 5.92 Å². The highest BCUT2D eigenvalue weighted by molar-refractivity contribution is 7.88. The van der Waals surface area contributed by atoms with Crippen LogP contribution in [0.5, 0.6) is 0 Å². The second kappa shape index (κ2) is 7.09. The Morgan fingerprint density at radius 3 is 2.80 bits per heavy atom. The summed E-state index contributed by atoms with van der Waals surface area (Å²) >= 11 is 0. The standard InChI is InChI=1S/C18H23N3O3S/c1-13(2)11-16-18(22)20-9-10-21(16)25(23,24)12-15-6-3-5-14-7-4-8-19-17(14)15/h3-8,13,16H,9-12H2,1-2H3,(H,20,22)/t16-/m0/s1.